The van der Waals surface area contributed by atoms with Crippen LogP contribution in [-0.2, 0) is 4.79 Å². The van der Waals surface area contributed by atoms with Crippen molar-refractivity contribution in [1.82, 2.24) is 0 Å². The minimum absolute atomic E-state index is 0.500. The fraction of sp³-hybridized carbons (Fsp3) is 0.929. The fourth-order valence-corrected chi connectivity index (χ4v) is 5.86. The van der Waals surface area contributed by atoms with E-state index < -0.39 is 13.7 Å². The smallest absolute Gasteiger partial charge is 0.0591 e. The number of carboxylic acid groups (broad SMARTS) is 1. The Hall–Kier alpha value is -0.100. The highest BCUT2D eigenvalue weighted by Crippen LogP contribution is 2.57. The van der Waals surface area contributed by atoms with E-state index >= 15 is 0 Å². The molecule has 104 valence electrons. The average molecular weight is 262 g/mol. The van der Waals surface area contributed by atoms with Gasteiger partial charge in [-0.3, -0.25) is 0 Å². The molecule has 0 aliphatic heterocycles. The summed E-state index contributed by atoms with van der Waals surface area (Å²) in [6.45, 7) is 9.09. The molecule has 0 unspecified atom stereocenters. The maximum Gasteiger partial charge on any atom is 0.0591 e. The second kappa shape index (κ2) is 14.0. The van der Waals surface area contributed by atoms with Crippen LogP contribution in [0.5, 0.6) is 0 Å². The maximum absolute atomic E-state index is 8.25. The van der Waals surface area contributed by atoms with Crippen molar-refractivity contribution < 1.29 is 9.90 Å². The number of rotatable bonds is 9. The van der Waals surface area contributed by atoms with E-state index in [1.165, 1.54) is 38.5 Å². The Morgan fingerprint density at radius 1 is 0.882 bits per heavy atom. The second-order valence-corrected chi connectivity index (χ2v) is 9.53. The van der Waals surface area contributed by atoms with Crippen molar-refractivity contribution in [3.8, 4) is 0 Å². The average Bonchev–Trinajstić information content (AvgIpc) is 2.33. The minimum atomic E-state index is -0.519. The number of unbranched alkanes of at least 4 members (excludes halogenated alkanes) is 3. The highest BCUT2D eigenvalue weighted by Gasteiger charge is 2.28. The molecule has 17 heavy (non-hydrogen) atoms. The third-order valence-electron chi connectivity index (χ3n) is 3.15. The summed E-state index contributed by atoms with van der Waals surface area (Å²) in [5, 5.41) is 8.25. The summed E-state index contributed by atoms with van der Waals surface area (Å²) in [5.41, 5.74) is 0. The standard InChI is InChI=1S/C13H30P.CH2O2/c1-5-8-11-14(4,12-9-6-2)13-10-7-3;2-1-3/h5-13H2,1-4H3;1H,(H,2,3)/q+1;/p-1. The monoisotopic (exact) mass is 262 g/mol. The number of hydrogen-bond acceptors (Lipinski definition) is 2. The first-order valence-corrected chi connectivity index (χ1v) is 9.78. The van der Waals surface area contributed by atoms with Gasteiger partial charge in [-0.15, -0.1) is 0 Å². The normalized spacial score (nSPS) is 10.6. The lowest BCUT2D eigenvalue weighted by Gasteiger charge is -2.22. The van der Waals surface area contributed by atoms with E-state index in [0.29, 0.717) is 0 Å². The molecule has 0 amide bonds. The molecule has 0 bridgehead atoms. The Kier molecular flexibility index (Phi) is 15.8. The van der Waals surface area contributed by atoms with E-state index in [1.807, 2.05) is 0 Å². The summed E-state index contributed by atoms with van der Waals surface area (Å²) in [7, 11) is -0.519. The molecule has 3 heteroatoms. The zero-order chi connectivity index (χ0) is 13.6. The minimum Gasteiger partial charge on any atom is -0.554 e. The predicted molar refractivity (Wildman–Crippen MR) is 78.2 cm³/mol. The van der Waals surface area contributed by atoms with Gasteiger partial charge in [0.2, 0.25) is 0 Å². The molecule has 0 N–H and O–H groups in total. The van der Waals surface area contributed by atoms with Gasteiger partial charge < -0.3 is 9.90 Å². The molecule has 0 spiro atoms. The Bertz CT molecular complexity index is 139. The summed E-state index contributed by atoms with van der Waals surface area (Å²) < 4.78 is 0. The van der Waals surface area contributed by atoms with Gasteiger partial charge in [-0.1, -0.05) is 40.0 Å². The van der Waals surface area contributed by atoms with Crippen LogP contribution in [0.2, 0.25) is 0 Å². The van der Waals surface area contributed by atoms with Crippen molar-refractivity contribution in [2.45, 2.75) is 59.3 Å². The lowest BCUT2D eigenvalue weighted by Crippen LogP contribution is -2.07. The van der Waals surface area contributed by atoms with Gasteiger partial charge in [0.1, 0.15) is 0 Å². The van der Waals surface area contributed by atoms with Gasteiger partial charge in [0.15, 0.2) is 0 Å². The first-order chi connectivity index (χ1) is 8.10. The summed E-state index contributed by atoms with van der Waals surface area (Å²) in [6.07, 6.45) is 13.2. The Morgan fingerprint density at radius 2 is 1.12 bits per heavy atom. The van der Waals surface area contributed by atoms with Gasteiger partial charge in [0.05, 0.1) is 18.5 Å². The molecular weight excluding hydrogens is 231 g/mol. The first kappa shape index (κ1) is 19.2. The van der Waals surface area contributed by atoms with Gasteiger partial charge in [0, 0.05) is 20.4 Å². The molecule has 0 aliphatic carbocycles. The van der Waals surface area contributed by atoms with E-state index in [-0.39, 0.29) is 0 Å². The SMILES string of the molecule is CCCC[P+](C)(CCCC)CCCC.O=C[O-]. The number of carbonyl (C=O) groups excluding carboxylic acids is 1. The zero-order valence-corrected chi connectivity index (χ0v) is 13.1. The van der Waals surface area contributed by atoms with Crippen LogP contribution in [0.15, 0.2) is 0 Å². The van der Waals surface area contributed by atoms with E-state index in [4.69, 9.17) is 9.90 Å². The van der Waals surface area contributed by atoms with Gasteiger partial charge >= 0.3 is 0 Å². The molecule has 0 aromatic heterocycles. The van der Waals surface area contributed by atoms with Crippen LogP contribution in [-0.4, -0.2) is 31.6 Å². The van der Waals surface area contributed by atoms with Gasteiger partial charge in [-0.25, -0.2) is 0 Å². The number of hydrogen-bond donors (Lipinski definition) is 0. The molecule has 0 heterocycles. The topological polar surface area (TPSA) is 40.1 Å². The third kappa shape index (κ3) is 13.8. The zero-order valence-electron chi connectivity index (χ0n) is 12.2. The van der Waals surface area contributed by atoms with Gasteiger partial charge in [-0.05, 0) is 19.3 Å². The van der Waals surface area contributed by atoms with Crippen molar-refractivity contribution in [2.24, 2.45) is 0 Å². The Labute approximate surface area is 109 Å². The lowest BCUT2D eigenvalue weighted by molar-refractivity contribution is -0.283. The van der Waals surface area contributed by atoms with Gasteiger partial charge in [-0.2, -0.15) is 0 Å². The molecule has 0 aromatic carbocycles. The summed E-state index contributed by atoms with van der Waals surface area (Å²) >= 11 is 0. The molecule has 0 saturated heterocycles. The van der Waals surface area contributed by atoms with E-state index in [1.54, 1.807) is 18.5 Å². The first-order valence-electron chi connectivity index (χ1n) is 6.99. The molecule has 0 saturated carbocycles. The van der Waals surface area contributed by atoms with Crippen LogP contribution in [0, 0.1) is 0 Å². The highest BCUT2D eigenvalue weighted by atomic mass is 31.2. The molecule has 0 aliphatic rings. The van der Waals surface area contributed by atoms with Crippen LogP contribution < -0.4 is 5.11 Å². The summed E-state index contributed by atoms with van der Waals surface area (Å²) in [6, 6.07) is 0. The predicted octanol–water partition coefficient (Wildman–Crippen LogP) is 3.40. The lowest BCUT2D eigenvalue weighted by atomic mass is 10.4. The fourth-order valence-electron chi connectivity index (χ4n) is 1.95. The van der Waals surface area contributed by atoms with Crippen molar-refractivity contribution in [2.75, 3.05) is 25.2 Å². The molecular formula is C14H31O2P. The second-order valence-electron chi connectivity index (χ2n) is 4.95. The molecule has 0 fully saturated rings. The van der Waals surface area contributed by atoms with Crippen LogP contribution >= 0.6 is 7.26 Å². The van der Waals surface area contributed by atoms with E-state index in [0.717, 1.165) is 0 Å². The highest BCUT2D eigenvalue weighted by molar-refractivity contribution is 7.75. The van der Waals surface area contributed by atoms with E-state index in [2.05, 4.69) is 27.4 Å². The molecule has 0 atom stereocenters. The van der Waals surface area contributed by atoms with Crippen LogP contribution in [0.3, 0.4) is 0 Å². The quantitative estimate of drug-likeness (QED) is 0.472. The molecule has 0 rings (SSSR count). The largest absolute Gasteiger partial charge is 0.554 e. The summed E-state index contributed by atoms with van der Waals surface area (Å²) in [4.78, 5) is 8.25. The molecule has 0 radical (unpaired) electrons. The van der Waals surface area contributed by atoms with Crippen LogP contribution in [0.1, 0.15) is 59.3 Å². The van der Waals surface area contributed by atoms with E-state index in [9.17, 15) is 0 Å². The Balaban J connectivity index is 0. The Morgan fingerprint density at radius 3 is 1.29 bits per heavy atom. The van der Waals surface area contributed by atoms with Crippen molar-refractivity contribution in [1.29, 1.82) is 0 Å². The van der Waals surface area contributed by atoms with Crippen LogP contribution in [0.25, 0.3) is 0 Å². The molecule has 2 nitrogen and oxygen atoms in total. The molecule has 0 aromatic rings. The maximum atomic E-state index is 8.25. The van der Waals surface area contributed by atoms with Crippen molar-refractivity contribution in [3.63, 3.8) is 0 Å². The van der Waals surface area contributed by atoms with Crippen molar-refractivity contribution >= 4 is 13.7 Å². The van der Waals surface area contributed by atoms with Crippen molar-refractivity contribution in [3.05, 3.63) is 0 Å². The number of carbonyl (C=O) groups is 1. The van der Waals surface area contributed by atoms with Crippen LogP contribution in [0.4, 0.5) is 0 Å². The van der Waals surface area contributed by atoms with Gasteiger partial charge in [0.25, 0.3) is 0 Å². The summed E-state index contributed by atoms with van der Waals surface area (Å²) in [5.74, 6) is 0. The third-order valence-corrected chi connectivity index (χ3v) is 7.34.